The van der Waals surface area contributed by atoms with E-state index in [0.717, 1.165) is 11.8 Å². The number of allylic oxidation sites excluding steroid dienone is 4. The summed E-state index contributed by atoms with van der Waals surface area (Å²) in [7, 11) is 0. The molecular weight excluding hydrogens is 170 g/mol. The van der Waals surface area contributed by atoms with Crippen molar-refractivity contribution in [2.24, 2.45) is 11.8 Å². The topological polar surface area (TPSA) is 3.24 Å². The van der Waals surface area contributed by atoms with Crippen LogP contribution in [0.2, 0.25) is 0 Å². The Kier molecular flexibility index (Phi) is 4.95. The average Bonchev–Trinajstić information content (AvgIpc) is 2.22. The fourth-order valence-electron chi connectivity index (χ4n) is 1.99. The van der Waals surface area contributed by atoms with Crippen LogP contribution in [0.3, 0.4) is 0 Å². The summed E-state index contributed by atoms with van der Waals surface area (Å²) in [6, 6.07) is 0. The van der Waals surface area contributed by atoms with Crippen LogP contribution in [0.5, 0.6) is 0 Å². The molecule has 80 valence electrons. The van der Waals surface area contributed by atoms with Crippen molar-refractivity contribution in [2.45, 2.75) is 27.2 Å². The molecule has 1 aliphatic carbocycles. The Labute approximate surface area is 88.5 Å². The maximum absolute atomic E-state index is 2.50. The maximum Gasteiger partial charge on any atom is -0.00131 e. The first kappa shape index (κ1) is 11.5. The van der Waals surface area contributed by atoms with E-state index in [0.29, 0.717) is 0 Å². The molecule has 0 saturated heterocycles. The first-order chi connectivity index (χ1) is 6.77. The molecule has 0 bridgehead atoms. The number of hydrogen-bond donors (Lipinski definition) is 0. The molecule has 1 rings (SSSR count). The van der Waals surface area contributed by atoms with Gasteiger partial charge in [-0.1, -0.05) is 45.1 Å². The summed E-state index contributed by atoms with van der Waals surface area (Å²) in [5.41, 5.74) is 0. The number of rotatable bonds is 5. The van der Waals surface area contributed by atoms with Crippen LogP contribution in [0.25, 0.3) is 0 Å². The van der Waals surface area contributed by atoms with E-state index in [1.807, 2.05) is 0 Å². The van der Waals surface area contributed by atoms with Crippen LogP contribution in [0.1, 0.15) is 27.2 Å². The Morgan fingerprint density at radius 1 is 1.07 bits per heavy atom. The SMILES string of the molecule is CCN(CC)CCC1C=CC=CC1C. The van der Waals surface area contributed by atoms with Gasteiger partial charge in [-0.25, -0.2) is 0 Å². The van der Waals surface area contributed by atoms with Crippen molar-refractivity contribution in [1.29, 1.82) is 0 Å². The van der Waals surface area contributed by atoms with Gasteiger partial charge in [0, 0.05) is 0 Å². The normalized spacial score (nSPS) is 26.0. The van der Waals surface area contributed by atoms with Gasteiger partial charge in [-0.05, 0) is 37.9 Å². The molecule has 0 aromatic rings. The van der Waals surface area contributed by atoms with Crippen LogP contribution in [-0.2, 0) is 0 Å². The Balaban J connectivity index is 2.30. The first-order valence-electron chi connectivity index (χ1n) is 5.85. The third-order valence-corrected chi connectivity index (χ3v) is 3.23. The molecule has 2 atom stereocenters. The number of nitrogens with zero attached hydrogens (tertiary/aromatic N) is 1. The van der Waals surface area contributed by atoms with Gasteiger partial charge in [0.25, 0.3) is 0 Å². The Hall–Kier alpha value is -0.560. The summed E-state index contributed by atoms with van der Waals surface area (Å²) in [6.07, 6.45) is 10.3. The van der Waals surface area contributed by atoms with Crippen molar-refractivity contribution in [3.05, 3.63) is 24.3 Å². The third kappa shape index (κ3) is 3.30. The zero-order valence-corrected chi connectivity index (χ0v) is 9.74. The van der Waals surface area contributed by atoms with Gasteiger partial charge in [0.15, 0.2) is 0 Å². The predicted molar refractivity (Wildman–Crippen MR) is 63.3 cm³/mol. The van der Waals surface area contributed by atoms with Crippen molar-refractivity contribution in [1.82, 2.24) is 4.90 Å². The largest absolute Gasteiger partial charge is 0.304 e. The molecule has 0 radical (unpaired) electrons. The summed E-state index contributed by atoms with van der Waals surface area (Å²) in [4.78, 5) is 2.50. The maximum atomic E-state index is 2.50. The lowest BCUT2D eigenvalue weighted by Crippen LogP contribution is -2.26. The lowest BCUT2D eigenvalue weighted by molar-refractivity contribution is 0.275. The van der Waals surface area contributed by atoms with Crippen LogP contribution in [-0.4, -0.2) is 24.5 Å². The molecule has 1 heteroatoms. The second-order valence-corrected chi connectivity index (χ2v) is 4.11. The molecule has 0 spiro atoms. The summed E-state index contributed by atoms with van der Waals surface area (Å²) < 4.78 is 0. The molecule has 1 aliphatic rings. The Morgan fingerprint density at radius 3 is 2.29 bits per heavy atom. The summed E-state index contributed by atoms with van der Waals surface area (Å²) in [6.45, 7) is 10.4. The fourth-order valence-corrected chi connectivity index (χ4v) is 1.99. The summed E-state index contributed by atoms with van der Waals surface area (Å²) in [5, 5.41) is 0. The zero-order valence-electron chi connectivity index (χ0n) is 9.74. The second kappa shape index (κ2) is 6.02. The van der Waals surface area contributed by atoms with E-state index < -0.39 is 0 Å². The highest BCUT2D eigenvalue weighted by atomic mass is 15.1. The van der Waals surface area contributed by atoms with E-state index >= 15 is 0 Å². The smallest absolute Gasteiger partial charge is 0.00131 e. The van der Waals surface area contributed by atoms with E-state index in [1.165, 1.54) is 26.1 Å². The lowest BCUT2D eigenvalue weighted by atomic mass is 9.87. The molecule has 14 heavy (non-hydrogen) atoms. The monoisotopic (exact) mass is 193 g/mol. The van der Waals surface area contributed by atoms with E-state index in [2.05, 4.69) is 50.0 Å². The van der Waals surface area contributed by atoms with Gasteiger partial charge in [0.05, 0.1) is 0 Å². The van der Waals surface area contributed by atoms with Crippen molar-refractivity contribution in [3.8, 4) is 0 Å². The molecule has 0 saturated carbocycles. The van der Waals surface area contributed by atoms with Crippen LogP contribution < -0.4 is 0 Å². The van der Waals surface area contributed by atoms with Crippen molar-refractivity contribution >= 4 is 0 Å². The molecule has 1 nitrogen and oxygen atoms in total. The average molecular weight is 193 g/mol. The van der Waals surface area contributed by atoms with Gasteiger partial charge in [-0.3, -0.25) is 0 Å². The Morgan fingerprint density at radius 2 is 1.71 bits per heavy atom. The summed E-state index contributed by atoms with van der Waals surface area (Å²) >= 11 is 0. The third-order valence-electron chi connectivity index (χ3n) is 3.23. The predicted octanol–water partition coefficient (Wildman–Crippen LogP) is 3.10. The van der Waals surface area contributed by atoms with Crippen LogP contribution in [0, 0.1) is 11.8 Å². The molecule has 0 N–H and O–H groups in total. The van der Waals surface area contributed by atoms with Crippen molar-refractivity contribution < 1.29 is 0 Å². The van der Waals surface area contributed by atoms with E-state index in [4.69, 9.17) is 0 Å². The molecule has 0 fully saturated rings. The van der Waals surface area contributed by atoms with Gasteiger partial charge in [0.1, 0.15) is 0 Å². The van der Waals surface area contributed by atoms with Crippen molar-refractivity contribution in [2.75, 3.05) is 19.6 Å². The molecule has 0 aromatic carbocycles. The number of hydrogen-bond acceptors (Lipinski definition) is 1. The Bertz CT molecular complexity index is 201. The highest BCUT2D eigenvalue weighted by Crippen LogP contribution is 2.22. The minimum Gasteiger partial charge on any atom is -0.304 e. The van der Waals surface area contributed by atoms with Crippen LogP contribution >= 0.6 is 0 Å². The fraction of sp³-hybridized carbons (Fsp3) is 0.692. The van der Waals surface area contributed by atoms with Crippen molar-refractivity contribution in [3.63, 3.8) is 0 Å². The van der Waals surface area contributed by atoms with Gasteiger partial charge in [-0.15, -0.1) is 0 Å². The van der Waals surface area contributed by atoms with Gasteiger partial charge >= 0.3 is 0 Å². The van der Waals surface area contributed by atoms with Gasteiger partial charge < -0.3 is 4.90 Å². The van der Waals surface area contributed by atoms with E-state index in [1.54, 1.807) is 0 Å². The highest BCUT2D eigenvalue weighted by Gasteiger charge is 2.14. The molecule has 0 aliphatic heterocycles. The van der Waals surface area contributed by atoms with E-state index in [9.17, 15) is 0 Å². The molecule has 0 heterocycles. The molecule has 0 aromatic heterocycles. The minimum absolute atomic E-state index is 0.718. The quantitative estimate of drug-likeness (QED) is 0.648. The van der Waals surface area contributed by atoms with Crippen LogP contribution in [0.15, 0.2) is 24.3 Å². The molecule has 0 amide bonds. The highest BCUT2D eigenvalue weighted by molar-refractivity contribution is 5.13. The van der Waals surface area contributed by atoms with Crippen LogP contribution in [0.4, 0.5) is 0 Å². The minimum atomic E-state index is 0.718. The second-order valence-electron chi connectivity index (χ2n) is 4.11. The van der Waals surface area contributed by atoms with Gasteiger partial charge in [0.2, 0.25) is 0 Å². The zero-order chi connectivity index (χ0) is 10.4. The molecule has 2 unspecified atom stereocenters. The lowest BCUT2D eigenvalue weighted by Gasteiger charge is -2.24. The van der Waals surface area contributed by atoms with Gasteiger partial charge in [-0.2, -0.15) is 0 Å². The molecular formula is C13H23N. The van der Waals surface area contributed by atoms with E-state index in [-0.39, 0.29) is 0 Å². The standard InChI is InChI=1S/C13H23N/c1-4-14(5-2)11-10-13-9-7-6-8-12(13)3/h6-9,12-13H,4-5,10-11H2,1-3H3. The first-order valence-corrected chi connectivity index (χ1v) is 5.85. The summed E-state index contributed by atoms with van der Waals surface area (Å²) in [5.74, 6) is 1.47.